The van der Waals surface area contributed by atoms with Crippen molar-refractivity contribution in [3.05, 3.63) is 29.8 Å². The Kier molecular flexibility index (Phi) is 3.76. The standard InChI is InChI=1S/C12H14F2N2O2/c13-12(14)18-9-4-2-1-3-8(9)10(11(15)17)16-7-5-6-7/h1-4,7,10,12,16H,5-6H2,(H2,15,17). The lowest BCUT2D eigenvalue weighted by Gasteiger charge is -2.18. The van der Waals surface area contributed by atoms with Crippen LogP contribution in [0.2, 0.25) is 0 Å². The van der Waals surface area contributed by atoms with E-state index < -0.39 is 18.6 Å². The van der Waals surface area contributed by atoms with Crippen LogP contribution < -0.4 is 15.8 Å². The maximum absolute atomic E-state index is 12.3. The van der Waals surface area contributed by atoms with Gasteiger partial charge >= 0.3 is 6.61 Å². The van der Waals surface area contributed by atoms with Crippen LogP contribution in [0.15, 0.2) is 24.3 Å². The molecule has 0 bridgehead atoms. The molecule has 0 aliphatic heterocycles. The molecule has 0 spiro atoms. The number of nitrogens with one attached hydrogen (secondary N) is 1. The number of nitrogens with two attached hydrogens (primary N) is 1. The van der Waals surface area contributed by atoms with Gasteiger partial charge in [0.1, 0.15) is 11.8 Å². The first-order valence-corrected chi connectivity index (χ1v) is 5.67. The fourth-order valence-corrected chi connectivity index (χ4v) is 1.73. The molecule has 1 aliphatic carbocycles. The molecule has 18 heavy (non-hydrogen) atoms. The molecule has 1 saturated carbocycles. The number of amides is 1. The van der Waals surface area contributed by atoms with Crippen LogP contribution in [-0.4, -0.2) is 18.6 Å². The van der Waals surface area contributed by atoms with Gasteiger partial charge in [-0.15, -0.1) is 0 Å². The van der Waals surface area contributed by atoms with Crippen LogP contribution in [0.3, 0.4) is 0 Å². The summed E-state index contributed by atoms with van der Waals surface area (Å²) in [6.45, 7) is -2.93. The van der Waals surface area contributed by atoms with Crippen LogP contribution >= 0.6 is 0 Å². The number of hydrogen-bond acceptors (Lipinski definition) is 3. The molecule has 1 aliphatic rings. The molecule has 6 heteroatoms. The summed E-state index contributed by atoms with van der Waals surface area (Å²) in [5.41, 5.74) is 5.64. The summed E-state index contributed by atoms with van der Waals surface area (Å²) >= 11 is 0. The topological polar surface area (TPSA) is 64.4 Å². The Bertz CT molecular complexity index is 436. The van der Waals surface area contributed by atoms with Gasteiger partial charge in [0.15, 0.2) is 0 Å². The van der Waals surface area contributed by atoms with Crippen molar-refractivity contribution in [2.75, 3.05) is 0 Å². The van der Waals surface area contributed by atoms with Gasteiger partial charge in [0.2, 0.25) is 5.91 Å². The lowest BCUT2D eigenvalue weighted by Crippen LogP contribution is -2.35. The average molecular weight is 256 g/mol. The third-order valence-corrected chi connectivity index (χ3v) is 2.71. The van der Waals surface area contributed by atoms with Crippen LogP contribution in [0, 0.1) is 0 Å². The predicted octanol–water partition coefficient (Wildman–Crippen LogP) is 1.57. The Morgan fingerprint density at radius 3 is 2.61 bits per heavy atom. The average Bonchev–Trinajstić information content (AvgIpc) is 3.10. The smallest absolute Gasteiger partial charge is 0.387 e. The summed E-state index contributed by atoms with van der Waals surface area (Å²) in [6.07, 6.45) is 1.92. The Hall–Kier alpha value is -1.69. The molecule has 0 saturated heterocycles. The van der Waals surface area contributed by atoms with Crippen LogP contribution in [0.5, 0.6) is 5.75 Å². The molecule has 1 fully saturated rings. The van der Waals surface area contributed by atoms with Crippen LogP contribution in [0.25, 0.3) is 0 Å². The molecule has 0 radical (unpaired) electrons. The second-order valence-corrected chi connectivity index (χ2v) is 4.19. The van der Waals surface area contributed by atoms with Gasteiger partial charge in [-0.05, 0) is 18.9 Å². The lowest BCUT2D eigenvalue weighted by atomic mass is 10.1. The van der Waals surface area contributed by atoms with Crippen molar-refractivity contribution in [3.63, 3.8) is 0 Å². The zero-order valence-corrected chi connectivity index (χ0v) is 9.61. The van der Waals surface area contributed by atoms with Gasteiger partial charge in [0.25, 0.3) is 0 Å². The number of alkyl halides is 2. The first-order chi connectivity index (χ1) is 8.58. The highest BCUT2D eigenvalue weighted by Gasteiger charge is 2.30. The summed E-state index contributed by atoms with van der Waals surface area (Å²) < 4.78 is 29.0. The van der Waals surface area contributed by atoms with Crippen molar-refractivity contribution in [2.24, 2.45) is 5.73 Å². The first-order valence-electron chi connectivity index (χ1n) is 5.67. The van der Waals surface area contributed by atoms with Crippen LogP contribution in [0.4, 0.5) is 8.78 Å². The Morgan fingerprint density at radius 2 is 2.06 bits per heavy atom. The molecule has 1 amide bonds. The van der Waals surface area contributed by atoms with Gasteiger partial charge in [0.05, 0.1) is 0 Å². The number of ether oxygens (including phenoxy) is 1. The first kappa shape index (κ1) is 12.8. The summed E-state index contributed by atoms with van der Waals surface area (Å²) in [5, 5.41) is 3.02. The van der Waals surface area contributed by atoms with Gasteiger partial charge < -0.3 is 10.5 Å². The van der Waals surface area contributed by atoms with Crippen LogP contribution in [0.1, 0.15) is 24.4 Å². The van der Waals surface area contributed by atoms with E-state index in [0.29, 0.717) is 5.56 Å². The van der Waals surface area contributed by atoms with Gasteiger partial charge in [-0.25, -0.2) is 0 Å². The number of hydrogen-bond donors (Lipinski definition) is 2. The van der Waals surface area contributed by atoms with Crippen molar-refractivity contribution in [1.29, 1.82) is 0 Å². The van der Waals surface area contributed by atoms with Gasteiger partial charge in [-0.3, -0.25) is 10.1 Å². The molecule has 1 aromatic carbocycles. The molecule has 1 atom stereocenters. The van der Waals surface area contributed by atoms with Crippen molar-refractivity contribution >= 4 is 5.91 Å². The van der Waals surface area contributed by atoms with E-state index in [1.54, 1.807) is 18.2 Å². The highest BCUT2D eigenvalue weighted by molar-refractivity contribution is 5.82. The lowest BCUT2D eigenvalue weighted by molar-refractivity contribution is -0.120. The van der Waals surface area contributed by atoms with E-state index in [4.69, 9.17) is 5.73 Å². The second-order valence-electron chi connectivity index (χ2n) is 4.19. The minimum absolute atomic E-state index is 0.0237. The molecular formula is C12H14F2N2O2. The maximum Gasteiger partial charge on any atom is 0.387 e. The zero-order chi connectivity index (χ0) is 13.1. The van der Waals surface area contributed by atoms with Gasteiger partial charge in [-0.2, -0.15) is 8.78 Å². The summed E-state index contributed by atoms with van der Waals surface area (Å²) in [4.78, 5) is 11.4. The number of benzene rings is 1. The SMILES string of the molecule is NC(=O)C(NC1CC1)c1ccccc1OC(F)F. The molecule has 0 heterocycles. The fraction of sp³-hybridized carbons (Fsp3) is 0.417. The minimum Gasteiger partial charge on any atom is -0.434 e. The molecule has 4 nitrogen and oxygen atoms in total. The molecular weight excluding hydrogens is 242 g/mol. The summed E-state index contributed by atoms with van der Waals surface area (Å²) in [5.74, 6) is -0.628. The zero-order valence-electron chi connectivity index (χ0n) is 9.61. The van der Waals surface area contributed by atoms with Crippen molar-refractivity contribution < 1.29 is 18.3 Å². The van der Waals surface area contributed by atoms with Gasteiger partial charge in [0, 0.05) is 11.6 Å². The normalized spacial score (nSPS) is 16.6. The Morgan fingerprint density at radius 1 is 1.39 bits per heavy atom. The largest absolute Gasteiger partial charge is 0.434 e. The van der Waals surface area contributed by atoms with E-state index in [9.17, 15) is 13.6 Å². The molecule has 98 valence electrons. The van der Waals surface area contributed by atoms with Gasteiger partial charge in [-0.1, -0.05) is 18.2 Å². The number of carbonyl (C=O) groups is 1. The van der Waals surface area contributed by atoms with E-state index >= 15 is 0 Å². The fourth-order valence-electron chi connectivity index (χ4n) is 1.73. The Labute approximate surface area is 103 Å². The number of rotatable bonds is 6. The quantitative estimate of drug-likeness (QED) is 0.812. The molecule has 1 unspecified atom stereocenters. The Balaban J connectivity index is 2.24. The summed E-state index contributed by atoms with van der Waals surface area (Å²) in [7, 11) is 0. The van der Waals surface area contributed by atoms with E-state index in [1.165, 1.54) is 6.07 Å². The molecule has 1 aromatic rings. The van der Waals surface area contributed by atoms with E-state index in [0.717, 1.165) is 12.8 Å². The van der Waals surface area contributed by atoms with Crippen molar-refractivity contribution in [2.45, 2.75) is 31.5 Å². The predicted molar refractivity (Wildman–Crippen MR) is 61.2 cm³/mol. The highest BCUT2D eigenvalue weighted by Crippen LogP contribution is 2.30. The van der Waals surface area contributed by atoms with Crippen LogP contribution in [-0.2, 0) is 4.79 Å². The van der Waals surface area contributed by atoms with E-state index in [-0.39, 0.29) is 11.8 Å². The number of para-hydroxylation sites is 1. The molecule has 3 N–H and O–H groups in total. The maximum atomic E-state index is 12.3. The number of primary amides is 1. The van der Waals surface area contributed by atoms with Crippen molar-refractivity contribution in [1.82, 2.24) is 5.32 Å². The van der Waals surface area contributed by atoms with E-state index in [1.807, 2.05) is 0 Å². The second kappa shape index (κ2) is 5.30. The minimum atomic E-state index is -2.93. The summed E-state index contributed by atoms with van der Waals surface area (Å²) in [6, 6.07) is 5.60. The highest BCUT2D eigenvalue weighted by atomic mass is 19.3. The van der Waals surface area contributed by atoms with E-state index in [2.05, 4.69) is 10.1 Å². The molecule has 0 aromatic heterocycles. The third-order valence-electron chi connectivity index (χ3n) is 2.71. The molecule has 2 rings (SSSR count). The monoisotopic (exact) mass is 256 g/mol. The third kappa shape index (κ3) is 3.16. The van der Waals surface area contributed by atoms with Crippen molar-refractivity contribution in [3.8, 4) is 5.75 Å². The number of halogens is 2. The number of carbonyl (C=O) groups excluding carboxylic acids is 1.